The van der Waals surface area contributed by atoms with Gasteiger partial charge in [-0.3, -0.25) is 10.1 Å². The van der Waals surface area contributed by atoms with Crippen LogP contribution in [0.15, 0.2) is 18.3 Å². The van der Waals surface area contributed by atoms with Gasteiger partial charge >= 0.3 is 0 Å². The Labute approximate surface area is 116 Å². The molecule has 20 heavy (non-hydrogen) atoms. The second kappa shape index (κ2) is 4.68. The third kappa shape index (κ3) is 2.39. The van der Waals surface area contributed by atoms with Gasteiger partial charge in [-0.1, -0.05) is 11.3 Å². The van der Waals surface area contributed by atoms with Crippen molar-refractivity contribution in [3.63, 3.8) is 0 Å². The van der Waals surface area contributed by atoms with Crippen LogP contribution in [0.2, 0.25) is 0 Å². The lowest BCUT2D eigenvalue weighted by molar-refractivity contribution is -0.385. The summed E-state index contributed by atoms with van der Waals surface area (Å²) >= 11 is 0. The van der Waals surface area contributed by atoms with Gasteiger partial charge < -0.3 is 5.11 Å². The molecule has 0 aliphatic rings. The minimum Gasteiger partial charge on any atom is -0.384 e. The van der Waals surface area contributed by atoms with Crippen molar-refractivity contribution in [3.05, 3.63) is 45.3 Å². The molecule has 1 N–H and O–H groups in total. The van der Waals surface area contributed by atoms with Crippen molar-refractivity contribution in [1.82, 2.24) is 15.0 Å². The predicted molar refractivity (Wildman–Crippen MR) is 72.7 cm³/mol. The summed E-state index contributed by atoms with van der Waals surface area (Å²) < 4.78 is 1.46. The standard InChI is InChI=1S/C13H16N4O3/c1-8-5-6-10(17(19)20)9(2)12(8)16-7-11(14-15-16)13(3,4)18/h5-7,18H,1-4H3. The topological polar surface area (TPSA) is 94.1 Å². The van der Waals surface area contributed by atoms with Gasteiger partial charge in [0.1, 0.15) is 11.3 Å². The SMILES string of the molecule is Cc1ccc([N+](=O)[O-])c(C)c1-n1cc(C(C)(C)O)nn1. The fraction of sp³-hybridized carbons (Fsp3) is 0.385. The molecule has 0 aliphatic heterocycles. The molecule has 1 aromatic heterocycles. The fourth-order valence-corrected chi connectivity index (χ4v) is 2.03. The summed E-state index contributed by atoms with van der Waals surface area (Å²) in [6.07, 6.45) is 1.58. The van der Waals surface area contributed by atoms with E-state index in [1.54, 1.807) is 33.0 Å². The third-order valence-electron chi connectivity index (χ3n) is 3.15. The lowest BCUT2D eigenvalue weighted by Gasteiger charge is -2.12. The molecule has 0 radical (unpaired) electrons. The first-order valence-corrected chi connectivity index (χ1v) is 6.12. The van der Waals surface area contributed by atoms with Gasteiger partial charge in [0.05, 0.1) is 22.4 Å². The molecule has 0 atom stereocenters. The molecular formula is C13H16N4O3. The Hall–Kier alpha value is -2.28. The molecule has 0 amide bonds. The van der Waals surface area contributed by atoms with Crippen LogP contribution in [0.5, 0.6) is 0 Å². The molecule has 1 heterocycles. The smallest absolute Gasteiger partial charge is 0.274 e. The molecule has 7 heteroatoms. The van der Waals surface area contributed by atoms with Gasteiger partial charge in [0, 0.05) is 6.07 Å². The van der Waals surface area contributed by atoms with Crippen molar-refractivity contribution in [1.29, 1.82) is 0 Å². The second-order valence-corrected chi connectivity index (χ2v) is 5.24. The molecule has 1 aromatic carbocycles. The summed E-state index contributed by atoms with van der Waals surface area (Å²) in [5, 5.41) is 28.8. The second-order valence-electron chi connectivity index (χ2n) is 5.24. The van der Waals surface area contributed by atoms with Crippen LogP contribution in [0.3, 0.4) is 0 Å². The molecule has 2 rings (SSSR count). The van der Waals surface area contributed by atoms with Gasteiger partial charge in [-0.2, -0.15) is 0 Å². The van der Waals surface area contributed by atoms with E-state index in [0.717, 1.165) is 5.56 Å². The Bertz CT molecular complexity index is 671. The van der Waals surface area contributed by atoms with E-state index in [1.165, 1.54) is 10.7 Å². The lowest BCUT2D eigenvalue weighted by atomic mass is 10.1. The van der Waals surface area contributed by atoms with Crippen LogP contribution in [-0.4, -0.2) is 25.0 Å². The summed E-state index contributed by atoms with van der Waals surface area (Å²) in [7, 11) is 0. The molecular weight excluding hydrogens is 260 g/mol. The Morgan fingerprint density at radius 1 is 1.35 bits per heavy atom. The molecule has 7 nitrogen and oxygen atoms in total. The highest BCUT2D eigenvalue weighted by Gasteiger charge is 2.23. The summed E-state index contributed by atoms with van der Waals surface area (Å²) in [4.78, 5) is 10.6. The number of nitro benzene ring substituents is 1. The maximum atomic E-state index is 11.0. The largest absolute Gasteiger partial charge is 0.384 e. The van der Waals surface area contributed by atoms with E-state index in [-0.39, 0.29) is 5.69 Å². The molecule has 0 unspecified atom stereocenters. The first kappa shape index (κ1) is 14.1. The van der Waals surface area contributed by atoms with Crippen LogP contribution in [0.4, 0.5) is 5.69 Å². The molecule has 0 saturated heterocycles. The van der Waals surface area contributed by atoms with Gasteiger partial charge in [0.2, 0.25) is 0 Å². The van der Waals surface area contributed by atoms with Crippen LogP contribution < -0.4 is 0 Å². The van der Waals surface area contributed by atoms with Gasteiger partial charge in [-0.25, -0.2) is 4.68 Å². The van der Waals surface area contributed by atoms with Crippen molar-refractivity contribution in [3.8, 4) is 5.69 Å². The first-order chi connectivity index (χ1) is 9.21. The number of nitrogens with zero attached hydrogens (tertiary/aromatic N) is 4. The van der Waals surface area contributed by atoms with Crippen LogP contribution in [0.25, 0.3) is 5.69 Å². The van der Waals surface area contributed by atoms with Crippen LogP contribution in [0, 0.1) is 24.0 Å². The van der Waals surface area contributed by atoms with Crippen LogP contribution in [0.1, 0.15) is 30.7 Å². The fourth-order valence-electron chi connectivity index (χ4n) is 2.03. The van der Waals surface area contributed by atoms with E-state index in [2.05, 4.69) is 10.3 Å². The van der Waals surface area contributed by atoms with E-state index in [4.69, 9.17) is 0 Å². The van der Waals surface area contributed by atoms with Gasteiger partial charge in [0.15, 0.2) is 0 Å². The monoisotopic (exact) mass is 276 g/mol. The predicted octanol–water partition coefficient (Wildman–Crippen LogP) is 2.02. The first-order valence-electron chi connectivity index (χ1n) is 6.12. The molecule has 0 saturated carbocycles. The zero-order valence-electron chi connectivity index (χ0n) is 11.8. The van der Waals surface area contributed by atoms with Crippen molar-refractivity contribution >= 4 is 5.69 Å². The minimum absolute atomic E-state index is 0.0332. The van der Waals surface area contributed by atoms with E-state index >= 15 is 0 Å². The molecule has 2 aromatic rings. The van der Waals surface area contributed by atoms with Gasteiger partial charge in [0.25, 0.3) is 5.69 Å². The highest BCUT2D eigenvalue weighted by atomic mass is 16.6. The quantitative estimate of drug-likeness (QED) is 0.683. The minimum atomic E-state index is -1.11. The average Bonchev–Trinajstić information content (AvgIpc) is 2.77. The molecule has 0 spiro atoms. The highest BCUT2D eigenvalue weighted by molar-refractivity contribution is 5.56. The van der Waals surface area contributed by atoms with Crippen LogP contribution in [-0.2, 0) is 5.60 Å². The summed E-state index contributed by atoms with van der Waals surface area (Å²) in [6, 6.07) is 3.15. The molecule has 0 fully saturated rings. The average molecular weight is 276 g/mol. The van der Waals surface area contributed by atoms with E-state index in [0.29, 0.717) is 16.9 Å². The lowest BCUT2D eigenvalue weighted by Crippen LogP contribution is -2.15. The van der Waals surface area contributed by atoms with Crippen molar-refractivity contribution in [2.24, 2.45) is 0 Å². The molecule has 0 aliphatic carbocycles. The number of hydrogen-bond acceptors (Lipinski definition) is 5. The number of aromatic nitrogens is 3. The summed E-state index contributed by atoms with van der Waals surface area (Å²) in [6.45, 7) is 6.73. The maximum absolute atomic E-state index is 11.0. The Morgan fingerprint density at radius 2 is 2.00 bits per heavy atom. The summed E-state index contributed by atoms with van der Waals surface area (Å²) in [5.41, 5.74) is 1.30. The van der Waals surface area contributed by atoms with Gasteiger partial charge in [-0.15, -0.1) is 5.10 Å². The maximum Gasteiger partial charge on any atom is 0.274 e. The number of rotatable bonds is 3. The Balaban J connectivity index is 2.61. The number of nitro groups is 1. The van der Waals surface area contributed by atoms with Crippen molar-refractivity contribution < 1.29 is 10.0 Å². The van der Waals surface area contributed by atoms with Crippen LogP contribution >= 0.6 is 0 Å². The summed E-state index contributed by atoms with van der Waals surface area (Å²) in [5.74, 6) is 0. The third-order valence-corrected chi connectivity index (χ3v) is 3.15. The Kier molecular flexibility index (Phi) is 3.31. The van der Waals surface area contributed by atoms with E-state index in [9.17, 15) is 15.2 Å². The highest BCUT2D eigenvalue weighted by Crippen LogP contribution is 2.28. The number of aliphatic hydroxyl groups is 1. The normalized spacial score (nSPS) is 11.7. The van der Waals surface area contributed by atoms with Gasteiger partial charge in [-0.05, 0) is 33.3 Å². The zero-order valence-corrected chi connectivity index (χ0v) is 11.8. The molecule has 0 bridgehead atoms. The Morgan fingerprint density at radius 3 is 2.50 bits per heavy atom. The van der Waals surface area contributed by atoms with E-state index < -0.39 is 10.5 Å². The van der Waals surface area contributed by atoms with Crippen molar-refractivity contribution in [2.75, 3.05) is 0 Å². The number of aryl methyl sites for hydroxylation is 1. The molecule has 106 valence electrons. The van der Waals surface area contributed by atoms with E-state index in [1.807, 2.05) is 6.92 Å². The number of benzene rings is 1. The zero-order chi connectivity index (χ0) is 15.1. The van der Waals surface area contributed by atoms with Crippen molar-refractivity contribution in [2.45, 2.75) is 33.3 Å². The number of hydrogen-bond donors (Lipinski definition) is 1.